The van der Waals surface area contributed by atoms with Crippen LogP contribution in [0.5, 0.6) is 5.95 Å². The number of hydrogen-bond acceptors (Lipinski definition) is 2. The van der Waals surface area contributed by atoms with Gasteiger partial charge in [0.05, 0.1) is 6.61 Å². The normalized spacial score (nSPS) is 10.8. The smallest absolute Gasteiger partial charge is 0.284 e. The molecule has 0 fully saturated rings. The van der Waals surface area contributed by atoms with Crippen molar-refractivity contribution in [2.75, 3.05) is 6.61 Å². The maximum Gasteiger partial charge on any atom is 0.284 e. The average molecular weight is 279 g/mol. The molecule has 0 N–H and O–H groups in total. The lowest BCUT2D eigenvalue weighted by Gasteiger charge is -2.03. The summed E-state index contributed by atoms with van der Waals surface area (Å²) in [6.45, 7) is 3.04. The van der Waals surface area contributed by atoms with E-state index in [2.05, 4.69) is 13.2 Å². The van der Waals surface area contributed by atoms with E-state index in [1.807, 2.05) is 0 Å². The van der Waals surface area contributed by atoms with E-state index in [1.54, 1.807) is 12.1 Å². The molecule has 1 radical (unpaired) electrons. The average Bonchev–Trinajstić information content (AvgIpc) is 2.97. The van der Waals surface area contributed by atoms with Crippen molar-refractivity contribution >= 4 is 0 Å². The highest BCUT2D eigenvalue weighted by Gasteiger charge is 1.96. The minimum Gasteiger partial charge on any atom is -0.465 e. The van der Waals surface area contributed by atoms with Gasteiger partial charge in [0, 0.05) is 6.07 Å². The molecule has 2 heteroatoms. The molecule has 1 aromatic heterocycles. The summed E-state index contributed by atoms with van der Waals surface area (Å²) in [5, 5.41) is 0. The maximum atomic E-state index is 5.44. The molecule has 0 aliphatic heterocycles. The first kappa shape index (κ1) is 17.1. The molecule has 0 saturated heterocycles. The second-order valence-corrected chi connectivity index (χ2v) is 5.61. The minimum atomic E-state index is 0.591. The van der Waals surface area contributed by atoms with Gasteiger partial charge in [-0.1, -0.05) is 77.6 Å². The molecule has 20 heavy (non-hydrogen) atoms. The lowest BCUT2D eigenvalue weighted by atomic mass is 10.1. The minimum absolute atomic E-state index is 0.591. The second kappa shape index (κ2) is 13.1. The van der Waals surface area contributed by atoms with Gasteiger partial charge in [-0.2, -0.15) is 0 Å². The monoisotopic (exact) mass is 279 g/mol. The number of hydrogen-bond donors (Lipinski definition) is 0. The molecule has 0 bridgehead atoms. The van der Waals surface area contributed by atoms with Gasteiger partial charge in [-0.25, -0.2) is 0 Å². The number of furan rings is 1. The summed E-state index contributed by atoms with van der Waals surface area (Å²) >= 11 is 0. The van der Waals surface area contributed by atoms with Crippen molar-refractivity contribution < 1.29 is 9.15 Å². The Bertz CT molecular complexity index is 280. The van der Waals surface area contributed by atoms with Crippen LogP contribution in [0.15, 0.2) is 16.5 Å². The molecular formula is C18H31O2. The Morgan fingerprint density at radius 1 is 0.850 bits per heavy atom. The van der Waals surface area contributed by atoms with Crippen LogP contribution in [0.4, 0.5) is 0 Å². The van der Waals surface area contributed by atoms with Crippen LogP contribution in [0.1, 0.15) is 84.0 Å². The zero-order chi connectivity index (χ0) is 14.3. The molecule has 0 aliphatic rings. The fraction of sp³-hybridized carbons (Fsp3) is 0.778. The lowest BCUT2D eigenvalue weighted by Crippen LogP contribution is -1.95. The summed E-state index contributed by atoms with van der Waals surface area (Å²) in [5.74, 6) is 0.591. The predicted molar refractivity (Wildman–Crippen MR) is 84.1 cm³/mol. The van der Waals surface area contributed by atoms with Crippen LogP contribution in [0.25, 0.3) is 0 Å². The molecule has 2 nitrogen and oxygen atoms in total. The Hall–Kier alpha value is -0.920. The molecule has 0 unspecified atom stereocenters. The van der Waals surface area contributed by atoms with Gasteiger partial charge in [-0.05, 0) is 12.5 Å². The lowest BCUT2D eigenvalue weighted by molar-refractivity contribution is 0.234. The van der Waals surface area contributed by atoms with Crippen LogP contribution in [0.2, 0.25) is 0 Å². The third-order valence-corrected chi connectivity index (χ3v) is 3.69. The molecule has 0 aromatic carbocycles. The van der Waals surface area contributed by atoms with Crippen LogP contribution in [0, 0.1) is 6.26 Å². The van der Waals surface area contributed by atoms with Crippen LogP contribution >= 0.6 is 0 Å². The first-order valence-electron chi connectivity index (χ1n) is 8.52. The van der Waals surface area contributed by atoms with Crippen LogP contribution < -0.4 is 4.74 Å². The van der Waals surface area contributed by atoms with Gasteiger partial charge in [0.25, 0.3) is 5.95 Å². The zero-order valence-electron chi connectivity index (χ0n) is 13.2. The number of rotatable bonds is 14. The van der Waals surface area contributed by atoms with Gasteiger partial charge in [-0.3, -0.25) is 0 Å². The standard InChI is InChI=1S/C18H31O2/c1-2-3-4-5-6-7-8-9-10-11-12-13-16-19-18-15-14-17-20-18/h14-15H,2-13,16H2,1H3. The van der Waals surface area contributed by atoms with Crippen molar-refractivity contribution in [3.8, 4) is 5.95 Å². The molecule has 0 saturated carbocycles. The number of ether oxygens (including phenoxy) is 1. The van der Waals surface area contributed by atoms with E-state index >= 15 is 0 Å². The predicted octanol–water partition coefficient (Wildman–Crippen LogP) is 6.16. The molecule has 0 amide bonds. The molecule has 1 aromatic rings. The topological polar surface area (TPSA) is 22.4 Å². The van der Waals surface area contributed by atoms with Crippen molar-refractivity contribution in [2.45, 2.75) is 84.0 Å². The van der Waals surface area contributed by atoms with Gasteiger partial charge in [0.15, 0.2) is 6.26 Å². The summed E-state index contributed by atoms with van der Waals surface area (Å²) in [4.78, 5) is 0. The highest BCUT2D eigenvalue weighted by Crippen LogP contribution is 2.13. The van der Waals surface area contributed by atoms with Gasteiger partial charge in [-0.15, -0.1) is 0 Å². The van der Waals surface area contributed by atoms with Crippen molar-refractivity contribution in [3.63, 3.8) is 0 Å². The Morgan fingerprint density at radius 2 is 1.40 bits per heavy atom. The largest absolute Gasteiger partial charge is 0.465 e. The first-order chi connectivity index (χ1) is 9.93. The fourth-order valence-corrected chi connectivity index (χ4v) is 2.42. The molecule has 115 valence electrons. The van der Waals surface area contributed by atoms with E-state index in [9.17, 15) is 0 Å². The highest BCUT2D eigenvalue weighted by atomic mass is 16.6. The Balaban J connectivity index is 1.70. The van der Waals surface area contributed by atoms with E-state index in [4.69, 9.17) is 9.15 Å². The molecule has 0 aliphatic carbocycles. The number of unbranched alkanes of at least 4 members (excludes halogenated alkanes) is 11. The van der Waals surface area contributed by atoms with E-state index in [0.717, 1.165) is 13.0 Å². The van der Waals surface area contributed by atoms with E-state index in [-0.39, 0.29) is 0 Å². The van der Waals surface area contributed by atoms with E-state index in [0.29, 0.717) is 5.95 Å². The third-order valence-electron chi connectivity index (χ3n) is 3.69. The molecule has 1 heterocycles. The van der Waals surface area contributed by atoms with Gasteiger partial charge < -0.3 is 9.15 Å². The quantitative estimate of drug-likeness (QED) is 0.380. The Morgan fingerprint density at radius 3 is 1.90 bits per heavy atom. The van der Waals surface area contributed by atoms with Crippen molar-refractivity contribution in [3.05, 3.63) is 18.4 Å². The van der Waals surface area contributed by atoms with Crippen LogP contribution in [-0.4, -0.2) is 6.61 Å². The van der Waals surface area contributed by atoms with Crippen LogP contribution in [0.3, 0.4) is 0 Å². The van der Waals surface area contributed by atoms with Crippen molar-refractivity contribution in [1.29, 1.82) is 0 Å². The van der Waals surface area contributed by atoms with Gasteiger partial charge in [0.1, 0.15) is 0 Å². The first-order valence-corrected chi connectivity index (χ1v) is 8.52. The van der Waals surface area contributed by atoms with Crippen molar-refractivity contribution in [2.24, 2.45) is 0 Å². The molecule has 0 atom stereocenters. The summed E-state index contributed by atoms with van der Waals surface area (Å²) in [7, 11) is 0. The molecule has 1 rings (SSSR count). The second-order valence-electron chi connectivity index (χ2n) is 5.61. The third kappa shape index (κ3) is 9.94. The van der Waals surface area contributed by atoms with E-state index in [1.165, 1.54) is 70.6 Å². The SMILES string of the molecule is CCCCCCCCCCCCCCOc1cc[c]o1. The Kier molecular flexibility index (Phi) is 11.2. The Labute approximate surface area is 124 Å². The summed E-state index contributed by atoms with van der Waals surface area (Å²) in [6, 6.07) is 3.54. The van der Waals surface area contributed by atoms with Crippen molar-refractivity contribution in [1.82, 2.24) is 0 Å². The molecular weight excluding hydrogens is 248 g/mol. The summed E-state index contributed by atoms with van der Waals surface area (Å²) < 4.78 is 10.4. The summed E-state index contributed by atoms with van der Waals surface area (Å²) in [6.07, 6.45) is 19.1. The highest BCUT2D eigenvalue weighted by molar-refractivity contribution is 5.02. The maximum absolute atomic E-state index is 5.44. The van der Waals surface area contributed by atoms with E-state index < -0.39 is 0 Å². The van der Waals surface area contributed by atoms with Gasteiger partial charge in [0.2, 0.25) is 0 Å². The molecule has 0 spiro atoms. The fourth-order valence-electron chi connectivity index (χ4n) is 2.42. The zero-order valence-corrected chi connectivity index (χ0v) is 13.2. The van der Waals surface area contributed by atoms with Gasteiger partial charge >= 0.3 is 0 Å². The van der Waals surface area contributed by atoms with Crippen LogP contribution in [-0.2, 0) is 0 Å². The summed E-state index contributed by atoms with van der Waals surface area (Å²) in [5.41, 5.74) is 0.